The number of alkyl halides is 2. The fourth-order valence-corrected chi connectivity index (χ4v) is 3.01. The zero-order chi connectivity index (χ0) is 14.3. The average Bonchev–Trinajstić information content (AvgIpc) is 2.33. The normalized spacial score (nSPS) is 11.5. The Morgan fingerprint density at radius 3 is 2.63 bits per heavy atom. The van der Waals surface area contributed by atoms with E-state index in [-0.39, 0.29) is 19.7 Å². The van der Waals surface area contributed by atoms with Crippen LogP contribution in [-0.4, -0.2) is 48.4 Å². The highest BCUT2D eigenvalue weighted by Crippen LogP contribution is 2.29. The predicted molar refractivity (Wildman–Crippen MR) is 76.7 cm³/mol. The van der Waals surface area contributed by atoms with Crippen molar-refractivity contribution in [2.24, 2.45) is 0 Å². The van der Waals surface area contributed by atoms with E-state index in [4.69, 9.17) is 28.3 Å². The number of aliphatic hydroxyl groups is 1. The molecule has 0 spiro atoms. The molecule has 1 aromatic carbocycles. The minimum absolute atomic E-state index is 0.130. The minimum Gasteiger partial charge on any atom is -0.395 e. The summed E-state index contributed by atoms with van der Waals surface area (Å²) in [6.07, 6.45) is -2.40. The Balaban J connectivity index is 2.44. The predicted octanol–water partition coefficient (Wildman–Crippen LogP) is 3.64. The standard InChI is InChI=1S/C12H15Cl2F2NOS/c13-9-1-2-10(14)11(7-9)19-6-4-17(3-5-18)8-12(15)16/h1-2,7,12,18H,3-6,8H2. The molecule has 0 fully saturated rings. The van der Waals surface area contributed by atoms with E-state index in [1.807, 2.05) is 0 Å². The molecule has 0 saturated heterocycles. The summed E-state index contributed by atoms with van der Waals surface area (Å²) < 4.78 is 24.6. The van der Waals surface area contributed by atoms with Gasteiger partial charge >= 0.3 is 0 Å². The van der Waals surface area contributed by atoms with Gasteiger partial charge in [0.25, 0.3) is 6.43 Å². The van der Waals surface area contributed by atoms with Crippen LogP contribution in [0.1, 0.15) is 0 Å². The maximum atomic E-state index is 12.3. The highest BCUT2D eigenvalue weighted by atomic mass is 35.5. The van der Waals surface area contributed by atoms with Crippen molar-refractivity contribution >= 4 is 35.0 Å². The summed E-state index contributed by atoms with van der Waals surface area (Å²) in [7, 11) is 0. The molecule has 0 aliphatic heterocycles. The van der Waals surface area contributed by atoms with Crippen LogP contribution >= 0.6 is 35.0 Å². The third kappa shape index (κ3) is 6.77. The third-order valence-corrected chi connectivity index (χ3v) is 4.08. The maximum absolute atomic E-state index is 12.3. The molecule has 2 nitrogen and oxygen atoms in total. The van der Waals surface area contributed by atoms with E-state index in [1.54, 1.807) is 18.2 Å². The van der Waals surface area contributed by atoms with Crippen LogP contribution in [-0.2, 0) is 0 Å². The number of hydrogen-bond donors (Lipinski definition) is 1. The SMILES string of the molecule is OCCN(CCSc1cc(Cl)ccc1Cl)CC(F)F. The van der Waals surface area contributed by atoms with Crippen LogP contribution < -0.4 is 0 Å². The summed E-state index contributed by atoms with van der Waals surface area (Å²) in [5.41, 5.74) is 0. The van der Waals surface area contributed by atoms with Gasteiger partial charge in [-0.25, -0.2) is 8.78 Å². The molecule has 0 aliphatic carbocycles. The summed E-state index contributed by atoms with van der Waals surface area (Å²) in [5, 5.41) is 10.00. The Hall–Kier alpha value is -0.0700. The van der Waals surface area contributed by atoms with Gasteiger partial charge in [-0.05, 0) is 18.2 Å². The van der Waals surface area contributed by atoms with Crippen LogP contribution in [0.15, 0.2) is 23.1 Å². The second-order valence-electron chi connectivity index (χ2n) is 3.84. The lowest BCUT2D eigenvalue weighted by Crippen LogP contribution is -2.33. The van der Waals surface area contributed by atoms with Gasteiger partial charge in [0, 0.05) is 28.8 Å². The van der Waals surface area contributed by atoms with Crippen LogP contribution in [0.4, 0.5) is 8.78 Å². The molecule has 0 unspecified atom stereocenters. The van der Waals surface area contributed by atoms with E-state index < -0.39 is 6.43 Å². The molecule has 1 N–H and O–H groups in total. The van der Waals surface area contributed by atoms with Crippen molar-refractivity contribution in [3.63, 3.8) is 0 Å². The molecule has 0 aliphatic rings. The first-order chi connectivity index (χ1) is 9.02. The van der Waals surface area contributed by atoms with Crippen LogP contribution in [0.3, 0.4) is 0 Å². The van der Waals surface area contributed by atoms with E-state index >= 15 is 0 Å². The van der Waals surface area contributed by atoms with Gasteiger partial charge in [-0.1, -0.05) is 23.2 Å². The Morgan fingerprint density at radius 1 is 1.26 bits per heavy atom. The van der Waals surface area contributed by atoms with Gasteiger partial charge in [-0.3, -0.25) is 4.90 Å². The van der Waals surface area contributed by atoms with E-state index in [1.165, 1.54) is 16.7 Å². The van der Waals surface area contributed by atoms with Gasteiger partial charge in [0.1, 0.15) is 0 Å². The quantitative estimate of drug-likeness (QED) is 0.736. The molecule has 0 atom stereocenters. The number of hydrogen-bond acceptors (Lipinski definition) is 3. The number of nitrogens with zero attached hydrogens (tertiary/aromatic N) is 1. The fourth-order valence-electron chi connectivity index (χ4n) is 1.50. The van der Waals surface area contributed by atoms with E-state index in [2.05, 4.69) is 0 Å². The summed E-state index contributed by atoms with van der Waals surface area (Å²) >= 11 is 13.3. The largest absolute Gasteiger partial charge is 0.395 e. The molecule has 0 radical (unpaired) electrons. The lowest BCUT2D eigenvalue weighted by molar-refractivity contribution is 0.0818. The topological polar surface area (TPSA) is 23.5 Å². The molecular formula is C12H15Cl2F2NOS. The second-order valence-corrected chi connectivity index (χ2v) is 5.82. The number of benzene rings is 1. The molecule has 1 aromatic rings. The maximum Gasteiger partial charge on any atom is 0.251 e. The lowest BCUT2D eigenvalue weighted by Gasteiger charge is -2.20. The number of halogens is 4. The van der Waals surface area contributed by atoms with Crippen molar-refractivity contribution in [2.45, 2.75) is 11.3 Å². The summed E-state index contributed by atoms with van der Waals surface area (Å²) in [6, 6.07) is 5.15. The van der Waals surface area contributed by atoms with Crippen molar-refractivity contribution < 1.29 is 13.9 Å². The minimum atomic E-state index is -2.40. The third-order valence-electron chi connectivity index (χ3n) is 2.37. The van der Waals surface area contributed by atoms with Gasteiger partial charge < -0.3 is 5.11 Å². The van der Waals surface area contributed by atoms with Gasteiger partial charge in [0.15, 0.2) is 0 Å². The van der Waals surface area contributed by atoms with Crippen molar-refractivity contribution in [2.75, 3.05) is 32.0 Å². The molecule has 0 aromatic heterocycles. The van der Waals surface area contributed by atoms with Crippen LogP contribution in [0.5, 0.6) is 0 Å². The van der Waals surface area contributed by atoms with Crippen LogP contribution in [0.2, 0.25) is 10.0 Å². The first-order valence-electron chi connectivity index (χ1n) is 5.72. The average molecular weight is 330 g/mol. The van der Waals surface area contributed by atoms with Gasteiger partial charge in [0.2, 0.25) is 0 Å². The summed E-state index contributed by atoms with van der Waals surface area (Å²) in [5.74, 6) is 0.604. The van der Waals surface area contributed by atoms with Crippen molar-refractivity contribution in [3.8, 4) is 0 Å². The smallest absolute Gasteiger partial charge is 0.251 e. The molecule has 0 heterocycles. The number of aliphatic hydroxyl groups excluding tert-OH is 1. The first-order valence-corrected chi connectivity index (χ1v) is 7.46. The molecule has 0 saturated carbocycles. The zero-order valence-corrected chi connectivity index (χ0v) is 12.5. The molecular weight excluding hydrogens is 315 g/mol. The number of thioether (sulfide) groups is 1. The van der Waals surface area contributed by atoms with Crippen LogP contribution in [0, 0.1) is 0 Å². The fraction of sp³-hybridized carbons (Fsp3) is 0.500. The molecule has 19 heavy (non-hydrogen) atoms. The summed E-state index contributed by atoms with van der Waals surface area (Å²) in [6.45, 7) is 0.242. The Labute approximate surface area is 125 Å². The summed E-state index contributed by atoms with van der Waals surface area (Å²) in [4.78, 5) is 2.35. The second kappa shape index (κ2) is 8.97. The first kappa shape index (κ1) is 17.0. The van der Waals surface area contributed by atoms with Gasteiger partial charge in [-0.15, -0.1) is 11.8 Å². The molecule has 1 rings (SSSR count). The molecule has 108 valence electrons. The Morgan fingerprint density at radius 2 is 2.00 bits per heavy atom. The lowest BCUT2D eigenvalue weighted by atomic mass is 10.4. The Bertz CT molecular complexity index is 396. The van der Waals surface area contributed by atoms with E-state index in [0.29, 0.717) is 22.3 Å². The molecule has 0 amide bonds. The highest BCUT2D eigenvalue weighted by molar-refractivity contribution is 7.99. The highest BCUT2D eigenvalue weighted by Gasteiger charge is 2.11. The van der Waals surface area contributed by atoms with E-state index in [0.717, 1.165) is 4.90 Å². The van der Waals surface area contributed by atoms with Gasteiger partial charge in [0.05, 0.1) is 18.2 Å². The van der Waals surface area contributed by atoms with Crippen LogP contribution in [0.25, 0.3) is 0 Å². The van der Waals surface area contributed by atoms with Crippen molar-refractivity contribution in [3.05, 3.63) is 28.2 Å². The molecule has 0 bridgehead atoms. The van der Waals surface area contributed by atoms with Crippen molar-refractivity contribution in [1.29, 1.82) is 0 Å². The molecule has 7 heteroatoms. The Kier molecular flexibility index (Phi) is 8.02. The van der Waals surface area contributed by atoms with Gasteiger partial charge in [-0.2, -0.15) is 0 Å². The number of rotatable bonds is 8. The zero-order valence-electron chi connectivity index (χ0n) is 10.2. The van der Waals surface area contributed by atoms with Crippen molar-refractivity contribution in [1.82, 2.24) is 4.90 Å². The monoisotopic (exact) mass is 329 g/mol. The van der Waals surface area contributed by atoms with E-state index in [9.17, 15) is 8.78 Å².